The van der Waals surface area contributed by atoms with Gasteiger partial charge in [0.25, 0.3) is 5.52 Å². The summed E-state index contributed by atoms with van der Waals surface area (Å²) in [5, 5.41) is 10.6. The SMILES string of the molecule is C[n+]1cccc2cccc(O)c21.F[P-](F)(F)(F)(F)F.O. The van der Waals surface area contributed by atoms with Gasteiger partial charge in [0.1, 0.15) is 7.05 Å². The average molecular weight is 323 g/mol. The van der Waals surface area contributed by atoms with E-state index in [-0.39, 0.29) is 5.48 Å². The molecule has 116 valence electrons. The number of benzene rings is 1. The second kappa shape index (κ2) is 4.75. The van der Waals surface area contributed by atoms with E-state index < -0.39 is 7.81 Å². The number of phenolic OH excluding ortho intramolecular Hbond substituents is 1. The first kappa shape index (κ1) is 18.4. The van der Waals surface area contributed by atoms with Crippen LogP contribution < -0.4 is 4.57 Å². The molecule has 1 heterocycles. The first-order valence-electron chi connectivity index (χ1n) is 4.87. The fraction of sp³-hybridized carbons (Fsp3) is 0.100. The number of aryl methyl sites for hydroxylation is 1. The van der Waals surface area contributed by atoms with Crippen molar-refractivity contribution in [3.8, 4) is 5.75 Å². The Kier molecular flexibility index (Phi) is 4.37. The second-order valence-electron chi connectivity index (χ2n) is 3.79. The normalized spacial score (nSPS) is 14.3. The van der Waals surface area contributed by atoms with Gasteiger partial charge in [0.2, 0.25) is 0 Å². The minimum Gasteiger partial charge on any atom is -0.412 e. The molecule has 0 fully saturated rings. The van der Waals surface area contributed by atoms with E-state index in [0.717, 1.165) is 10.9 Å². The molecule has 20 heavy (non-hydrogen) atoms. The monoisotopic (exact) mass is 323 g/mol. The Morgan fingerprint density at radius 1 is 0.950 bits per heavy atom. The Morgan fingerprint density at radius 2 is 1.40 bits per heavy atom. The van der Waals surface area contributed by atoms with Gasteiger partial charge in [-0.05, 0) is 18.2 Å². The molecular formula is C10H12F6NO2P. The van der Waals surface area contributed by atoms with Gasteiger partial charge in [-0.1, -0.05) is 6.07 Å². The minimum absolute atomic E-state index is 0. The number of aromatic nitrogens is 1. The fourth-order valence-electron chi connectivity index (χ4n) is 1.42. The molecule has 1 aromatic heterocycles. The van der Waals surface area contributed by atoms with Gasteiger partial charge in [0.15, 0.2) is 11.9 Å². The molecule has 0 spiro atoms. The van der Waals surface area contributed by atoms with Crippen molar-refractivity contribution in [1.82, 2.24) is 0 Å². The Balaban J connectivity index is 0.000000396. The van der Waals surface area contributed by atoms with Crippen LogP contribution >= 0.6 is 7.81 Å². The quantitative estimate of drug-likeness (QED) is 0.446. The maximum Gasteiger partial charge on any atom is -0.412 e. The third kappa shape index (κ3) is 7.75. The van der Waals surface area contributed by atoms with Gasteiger partial charge in [0.05, 0.1) is 5.39 Å². The van der Waals surface area contributed by atoms with Crippen LogP contribution in [0.2, 0.25) is 0 Å². The van der Waals surface area contributed by atoms with Crippen molar-refractivity contribution in [2.75, 3.05) is 0 Å². The van der Waals surface area contributed by atoms with E-state index >= 15 is 0 Å². The van der Waals surface area contributed by atoms with Crippen LogP contribution in [0, 0.1) is 0 Å². The van der Waals surface area contributed by atoms with Gasteiger partial charge < -0.3 is 10.6 Å². The van der Waals surface area contributed by atoms with Crippen LogP contribution in [-0.4, -0.2) is 10.6 Å². The predicted octanol–water partition coefficient (Wildman–Crippen LogP) is 3.93. The van der Waals surface area contributed by atoms with Gasteiger partial charge >= 0.3 is 33.0 Å². The van der Waals surface area contributed by atoms with Crippen LogP contribution in [0.4, 0.5) is 25.2 Å². The number of nitrogens with zero attached hydrogens (tertiary/aromatic N) is 1. The topological polar surface area (TPSA) is 55.6 Å². The second-order valence-corrected chi connectivity index (χ2v) is 5.71. The summed E-state index contributed by atoms with van der Waals surface area (Å²) < 4.78 is 61.1. The molecule has 0 saturated heterocycles. The molecule has 3 N–H and O–H groups in total. The van der Waals surface area contributed by atoms with Gasteiger partial charge in [-0.15, -0.1) is 0 Å². The molecule has 0 aliphatic carbocycles. The van der Waals surface area contributed by atoms with Crippen molar-refractivity contribution < 1.29 is 40.3 Å². The average Bonchev–Trinajstić information content (AvgIpc) is 2.13. The molecule has 2 aromatic rings. The summed E-state index contributed by atoms with van der Waals surface area (Å²) in [6, 6.07) is 9.46. The molecule has 2 rings (SSSR count). The number of aromatic hydroxyl groups is 1. The summed E-state index contributed by atoms with van der Waals surface area (Å²) in [6.07, 6.45) is 1.92. The molecule has 0 bridgehead atoms. The number of phenols is 1. The van der Waals surface area contributed by atoms with Crippen LogP contribution in [0.15, 0.2) is 36.5 Å². The van der Waals surface area contributed by atoms with E-state index in [9.17, 15) is 30.3 Å². The summed E-state index contributed by atoms with van der Waals surface area (Å²) in [5.41, 5.74) is 0.875. The van der Waals surface area contributed by atoms with Crippen LogP contribution in [0.3, 0.4) is 0 Å². The maximum atomic E-state index is 9.87. The van der Waals surface area contributed by atoms with Crippen LogP contribution in [0.25, 0.3) is 10.9 Å². The third-order valence-electron chi connectivity index (χ3n) is 1.98. The summed E-state index contributed by atoms with van der Waals surface area (Å²) in [4.78, 5) is 0. The van der Waals surface area contributed by atoms with E-state index in [1.807, 2.05) is 42.1 Å². The summed E-state index contributed by atoms with van der Waals surface area (Å²) in [5.74, 6) is 0.329. The van der Waals surface area contributed by atoms with Crippen molar-refractivity contribution >= 4 is 18.7 Å². The molecule has 10 heteroatoms. The molecule has 0 unspecified atom stereocenters. The molecule has 0 aliphatic rings. The van der Waals surface area contributed by atoms with E-state index in [1.54, 1.807) is 6.07 Å². The summed E-state index contributed by atoms with van der Waals surface area (Å²) in [6.45, 7) is 0. The number of para-hydroxylation sites is 1. The zero-order valence-corrected chi connectivity index (χ0v) is 11.0. The zero-order valence-electron chi connectivity index (χ0n) is 10.1. The Labute approximate surface area is 109 Å². The van der Waals surface area contributed by atoms with Gasteiger partial charge in [-0.2, -0.15) is 4.57 Å². The van der Waals surface area contributed by atoms with E-state index in [1.165, 1.54) is 0 Å². The molecule has 0 saturated carbocycles. The molecule has 0 amide bonds. The van der Waals surface area contributed by atoms with Crippen molar-refractivity contribution in [1.29, 1.82) is 0 Å². The number of fused-ring (bicyclic) bond motifs is 1. The van der Waals surface area contributed by atoms with Gasteiger partial charge in [-0.25, -0.2) is 0 Å². The molecule has 0 radical (unpaired) electrons. The van der Waals surface area contributed by atoms with E-state index in [2.05, 4.69) is 0 Å². The van der Waals surface area contributed by atoms with Crippen molar-refractivity contribution in [2.24, 2.45) is 7.05 Å². The third-order valence-corrected chi connectivity index (χ3v) is 1.98. The number of pyridine rings is 1. The van der Waals surface area contributed by atoms with Gasteiger partial charge in [0, 0.05) is 6.07 Å². The smallest absolute Gasteiger partial charge is 0.412 e. The zero-order chi connectivity index (χ0) is 15.0. The van der Waals surface area contributed by atoms with Crippen LogP contribution in [0.5, 0.6) is 5.75 Å². The first-order chi connectivity index (χ1) is 8.24. The largest absolute Gasteiger partial charge is 0.412 e. The van der Waals surface area contributed by atoms with E-state index in [4.69, 9.17) is 0 Å². The molecule has 0 aliphatic heterocycles. The Bertz CT molecular complexity index is 565. The number of hydrogen-bond acceptors (Lipinski definition) is 1. The Hall–Kier alpha value is -1.60. The molecular weight excluding hydrogens is 311 g/mol. The predicted molar refractivity (Wildman–Crippen MR) is 64.0 cm³/mol. The van der Waals surface area contributed by atoms with E-state index in [0.29, 0.717) is 5.75 Å². The van der Waals surface area contributed by atoms with Crippen LogP contribution in [0.1, 0.15) is 0 Å². The van der Waals surface area contributed by atoms with Gasteiger partial charge in [-0.3, -0.25) is 0 Å². The van der Waals surface area contributed by atoms with Crippen LogP contribution in [-0.2, 0) is 7.05 Å². The summed E-state index contributed by atoms with van der Waals surface area (Å²) >= 11 is 0. The minimum atomic E-state index is -10.7. The molecule has 1 aromatic carbocycles. The number of halogens is 6. The van der Waals surface area contributed by atoms with Crippen molar-refractivity contribution in [3.63, 3.8) is 0 Å². The van der Waals surface area contributed by atoms with Crippen molar-refractivity contribution in [3.05, 3.63) is 36.5 Å². The summed E-state index contributed by atoms with van der Waals surface area (Å²) in [7, 11) is -8.74. The number of hydrogen-bond donors (Lipinski definition) is 1. The standard InChI is InChI=1S/C10H9NO.F6P.H2O/c1-11-7-3-5-8-4-2-6-9(12)10(8)11;1-7(2,3,4,5)6;/h2-7H,1H3;;1H2/q;-1;/p+1. The number of rotatable bonds is 0. The molecule has 0 atom stereocenters. The fourth-order valence-corrected chi connectivity index (χ4v) is 1.42. The molecule has 3 nitrogen and oxygen atoms in total. The maximum absolute atomic E-state index is 10.7. The Morgan fingerprint density at radius 3 is 1.85 bits per heavy atom. The van der Waals surface area contributed by atoms with Crippen molar-refractivity contribution in [2.45, 2.75) is 0 Å². The first-order valence-corrected chi connectivity index (χ1v) is 6.89.